The van der Waals surface area contributed by atoms with E-state index in [0.717, 1.165) is 12.1 Å². The molecule has 1 amide bonds. The Morgan fingerprint density at radius 3 is 2.35 bits per heavy atom. The van der Waals surface area contributed by atoms with Crippen LogP contribution in [0.4, 0.5) is 13.2 Å². The van der Waals surface area contributed by atoms with E-state index < -0.39 is 23.6 Å². The minimum absolute atomic E-state index is 0.0254. The van der Waals surface area contributed by atoms with Crippen molar-refractivity contribution in [1.82, 2.24) is 15.3 Å². The molecule has 1 atom stereocenters. The lowest BCUT2D eigenvalue weighted by molar-refractivity contribution is -0.137. The average molecular weight is 386 g/mol. The summed E-state index contributed by atoms with van der Waals surface area (Å²) in [5.74, 6) is -1.30. The fourth-order valence-corrected chi connectivity index (χ4v) is 2.43. The van der Waals surface area contributed by atoms with Crippen LogP contribution in [0.15, 0.2) is 30.3 Å². The second-order valence-corrected chi connectivity index (χ2v) is 6.00. The Hall–Kier alpha value is -2.48. The van der Waals surface area contributed by atoms with Crippen molar-refractivity contribution in [2.45, 2.75) is 25.9 Å². The second kappa shape index (κ2) is 7.82. The molecule has 1 unspecified atom stereocenters. The Morgan fingerprint density at radius 2 is 1.81 bits per heavy atom. The highest BCUT2D eigenvalue weighted by Crippen LogP contribution is 2.30. The van der Waals surface area contributed by atoms with Gasteiger partial charge in [0.1, 0.15) is 16.7 Å². The molecule has 5 nitrogen and oxygen atoms in total. The van der Waals surface area contributed by atoms with Crippen LogP contribution in [-0.2, 0) is 11.0 Å². The van der Waals surface area contributed by atoms with E-state index in [2.05, 4.69) is 15.3 Å². The maximum Gasteiger partial charge on any atom is 0.416 e. The molecule has 0 aliphatic rings. The van der Waals surface area contributed by atoms with Gasteiger partial charge in [-0.1, -0.05) is 30.7 Å². The molecule has 1 aromatic carbocycles. The molecule has 26 heavy (non-hydrogen) atoms. The monoisotopic (exact) mass is 385 g/mol. The summed E-state index contributed by atoms with van der Waals surface area (Å²) in [5, 5.41) is 2.53. The van der Waals surface area contributed by atoms with E-state index in [1.165, 1.54) is 18.2 Å². The topological polar surface area (TPSA) is 72.0 Å². The summed E-state index contributed by atoms with van der Waals surface area (Å²) in [6.45, 7) is 2.84. The number of benzene rings is 1. The molecule has 1 heterocycles. The van der Waals surface area contributed by atoms with Crippen molar-refractivity contribution in [3.8, 4) is 0 Å². The average Bonchev–Trinajstić information content (AvgIpc) is 2.57. The third-order valence-electron chi connectivity index (χ3n) is 3.68. The highest BCUT2D eigenvalue weighted by molar-refractivity contribution is 6.29. The van der Waals surface area contributed by atoms with Gasteiger partial charge in [-0.3, -0.25) is 9.59 Å². The Kier molecular flexibility index (Phi) is 5.97. The largest absolute Gasteiger partial charge is 0.416 e. The molecule has 0 aliphatic heterocycles. The van der Waals surface area contributed by atoms with E-state index in [1.807, 2.05) is 0 Å². The van der Waals surface area contributed by atoms with Gasteiger partial charge >= 0.3 is 6.18 Å². The first-order valence-corrected chi connectivity index (χ1v) is 7.95. The predicted octanol–water partition coefficient (Wildman–Crippen LogP) is 3.56. The molecule has 1 aromatic heterocycles. The zero-order chi connectivity index (χ0) is 19.5. The normalized spacial score (nSPS) is 12.5. The molecular formula is C17H15ClF3N3O2. The summed E-state index contributed by atoms with van der Waals surface area (Å²) in [6, 6.07) is 5.61. The number of aryl methyl sites for hydroxylation is 1. The number of carbonyl (C=O) groups excluding carboxylic acids is 2. The first-order chi connectivity index (χ1) is 12.1. The Morgan fingerprint density at radius 1 is 1.19 bits per heavy atom. The number of rotatable bonds is 5. The summed E-state index contributed by atoms with van der Waals surface area (Å²) < 4.78 is 37.7. The Labute approximate surface area is 152 Å². The molecular weight excluding hydrogens is 371 g/mol. The minimum Gasteiger partial charge on any atom is -0.344 e. The van der Waals surface area contributed by atoms with Crippen molar-refractivity contribution in [2.75, 3.05) is 6.54 Å². The van der Waals surface area contributed by atoms with E-state index >= 15 is 0 Å². The molecule has 0 saturated heterocycles. The molecule has 2 rings (SSSR count). The standard InChI is InChI=1S/C17H15ClF3N3O2/c1-9(11-3-5-12(6-4-11)17(19,20)21)14(25)8-22-16(26)13-7-15(18)24-10(2)23-13/h3-7,9H,8H2,1-2H3,(H,22,26). The molecule has 0 aliphatic carbocycles. The number of nitrogens with one attached hydrogen (secondary N) is 1. The van der Waals surface area contributed by atoms with Crippen molar-refractivity contribution in [1.29, 1.82) is 0 Å². The van der Waals surface area contributed by atoms with Crippen LogP contribution in [0.3, 0.4) is 0 Å². The summed E-state index contributed by atoms with van der Waals surface area (Å²) in [4.78, 5) is 32.0. The number of hydrogen-bond donors (Lipinski definition) is 1. The summed E-state index contributed by atoms with van der Waals surface area (Å²) in [7, 11) is 0. The van der Waals surface area contributed by atoms with Crippen LogP contribution in [0.5, 0.6) is 0 Å². The number of nitrogens with zero attached hydrogens (tertiary/aromatic N) is 2. The third-order valence-corrected chi connectivity index (χ3v) is 3.88. The zero-order valence-corrected chi connectivity index (χ0v) is 14.6. The second-order valence-electron chi connectivity index (χ2n) is 5.61. The van der Waals surface area contributed by atoms with Gasteiger partial charge in [0.25, 0.3) is 5.91 Å². The van der Waals surface area contributed by atoms with E-state index in [1.54, 1.807) is 13.8 Å². The van der Waals surface area contributed by atoms with E-state index in [0.29, 0.717) is 11.4 Å². The molecule has 138 valence electrons. The van der Waals surface area contributed by atoms with Gasteiger partial charge in [-0.05, 0) is 24.6 Å². The first kappa shape index (κ1) is 19.8. The summed E-state index contributed by atoms with van der Waals surface area (Å²) in [6.07, 6.45) is -4.43. The van der Waals surface area contributed by atoms with Crippen molar-refractivity contribution < 1.29 is 22.8 Å². The van der Waals surface area contributed by atoms with Gasteiger partial charge in [0.15, 0.2) is 5.78 Å². The van der Waals surface area contributed by atoms with Crippen LogP contribution in [0.2, 0.25) is 5.15 Å². The van der Waals surface area contributed by atoms with Gasteiger partial charge in [0.05, 0.1) is 12.1 Å². The number of carbonyl (C=O) groups is 2. The Bertz CT molecular complexity index is 803. The van der Waals surface area contributed by atoms with E-state index in [4.69, 9.17) is 11.6 Å². The van der Waals surface area contributed by atoms with Crippen LogP contribution >= 0.6 is 11.6 Å². The first-order valence-electron chi connectivity index (χ1n) is 7.57. The number of hydrogen-bond acceptors (Lipinski definition) is 4. The van der Waals surface area contributed by atoms with Crippen molar-refractivity contribution in [3.63, 3.8) is 0 Å². The molecule has 9 heteroatoms. The lowest BCUT2D eigenvalue weighted by Crippen LogP contribution is -2.32. The molecule has 0 saturated carbocycles. The maximum atomic E-state index is 12.6. The number of ketones is 1. The quantitative estimate of drug-likeness (QED) is 0.799. The van der Waals surface area contributed by atoms with Gasteiger partial charge in [-0.2, -0.15) is 13.2 Å². The van der Waals surface area contributed by atoms with E-state index in [-0.39, 0.29) is 23.2 Å². The minimum atomic E-state index is -4.43. The van der Waals surface area contributed by atoms with Crippen molar-refractivity contribution in [3.05, 3.63) is 58.1 Å². The number of alkyl halides is 3. The molecule has 2 aromatic rings. The SMILES string of the molecule is Cc1nc(Cl)cc(C(=O)NCC(=O)C(C)c2ccc(C(F)(F)F)cc2)n1. The summed E-state index contributed by atoms with van der Waals surface area (Å²) >= 11 is 5.75. The fourth-order valence-electron chi connectivity index (χ4n) is 2.21. The predicted molar refractivity (Wildman–Crippen MR) is 89.0 cm³/mol. The number of aromatic nitrogens is 2. The fraction of sp³-hybridized carbons (Fsp3) is 0.294. The van der Waals surface area contributed by atoms with Crippen molar-refractivity contribution >= 4 is 23.3 Å². The highest BCUT2D eigenvalue weighted by atomic mass is 35.5. The molecule has 0 fully saturated rings. The van der Waals surface area contributed by atoms with Gasteiger partial charge in [0.2, 0.25) is 0 Å². The van der Waals surface area contributed by atoms with Gasteiger partial charge in [0, 0.05) is 12.0 Å². The van der Waals surface area contributed by atoms with Gasteiger partial charge in [-0.25, -0.2) is 9.97 Å². The molecule has 0 bridgehead atoms. The number of Topliss-reactive ketones (excluding diaryl/α,β-unsaturated/α-hetero) is 1. The Balaban J connectivity index is 1.99. The van der Waals surface area contributed by atoms with Crippen LogP contribution in [-0.4, -0.2) is 28.2 Å². The van der Waals surface area contributed by atoms with Crippen LogP contribution in [0, 0.1) is 6.92 Å². The van der Waals surface area contributed by atoms with Gasteiger partial charge < -0.3 is 5.32 Å². The lowest BCUT2D eigenvalue weighted by atomic mass is 9.95. The number of amides is 1. The van der Waals surface area contributed by atoms with Crippen molar-refractivity contribution in [2.24, 2.45) is 0 Å². The summed E-state index contributed by atoms with van der Waals surface area (Å²) in [5.41, 5.74) is -0.333. The zero-order valence-electron chi connectivity index (χ0n) is 13.9. The van der Waals surface area contributed by atoms with E-state index in [9.17, 15) is 22.8 Å². The highest BCUT2D eigenvalue weighted by Gasteiger charge is 2.30. The molecule has 0 radical (unpaired) electrons. The lowest BCUT2D eigenvalue weighted by Gasteiger charge is -2.13. The van der Waals surface area contributed by atoms with Crippen LogP contribution < -0.4 is 5.32 Å². The van der Waals surface area contributed by atoms with Crippen LogP contribution in [0.1, 0.15) is 40.3 Å². The number of halogens is 4. The van der Waals surface area contributed by atoms with Gasteiger partial charge in [-0.15, -0.1) is 0 Å². The molecule has 0 spiro atoms. The maximum absolute atomic E-state index is 12.6. The molecule has 1 N–H and O–H groups in total. The smallest absolute Gasteiger partial charge is 0.344 e. The third kappa shape index (κ3) is 5.01. The van der Waals surface area contributed by atoms with Crippen LogP contribution in [0.25, 0.3) is 0 Å².